The van der Waals surface area contributed by atoms with Crippen LogP contribution >= 0.6 is 11.3 Å². The molecule has 0 bridgehead atoms. The normalized spacial score (nSPS) is 15.5. The van der Waals surface area contributed by atoms with Gasteiger partial charge >= 0.3 is 0 Å². The maximum atomic E-state index is 10.3. The zero-order chi connectivity index (χ0) is 16.1. The highest BCUT2D eigenvalue weighted by molar-refractivity contribution is 7.11. The lowest BCUT2D eigenvalue weighted by Gasteiger charge is -2.22. The highest BCUT2D eigenvalue weighted by atomic mass is 32.1. The van der Waals surface area contributed by atoms with E-state index < -0.39 is 6.10 Å². The van der Waals surface area contributed by atoms with Crippen LogP contribution in [0.15, 0.2) is 30.3 Å². The van der Waals surface area contributed by atoms with Gasteiger partial charge in [0.1, 0.15) is 0 Å². The monoisotopic (exact) mass is 318 g/mol. The summed E-state index contributed by atoms with van der Waals surface area (Å²) in [4.78, 5) is 5.90. The average Bonchev–Trinajstić information content (AvgIpc) is 2.89. The summed E-state index contributed by atoms with van der Waals surface area (Å²) in [6, 6.07) is 10.3. The number of aliphatic hydroxyl groups excluding tert-OH is 1. The Morgan fingerprint density at radius 2 is 1.91 bits per heavy atom. The molecule has 0 saturated heterocycles. The van der Waals surface area contributed by atoms with E-state index in [2.05, 4.69) is 38.0 Å². The second-order valence-corrected chi connectivity index (χ2v) is 6.98. The van der Waals surface area contributed by atoms with Gasteiger partial charge in [-0.1, -0.05) is 37.3 Å². The van der Waals surface area contributed by atoms with Crippen LogP contribution in [-0.2, 0) is 6.42 Å². The third kappa shape index (κ3) is 4.38. The number of aryl methyl sites for hydroxylation is 2. The molecule has 4 heteroatoms. The molecule has 1 aromatic carbocycles. The zero-order valence-corrected chi connectivity index (χ0v) is 14.7. The Hall–Kier alpha value is -1.23. The maximum absolute atomic E-state index is 10.3. The Morgan fingerprint density at radius 1 is 1.23 bits per heavy atom. The Kier molecular flexibility index (Phi) is 6.12. The lowest BCUT2D eigenvalue weighted by Crippen LogP contribution is -2.30. The minimum absolute atomic E-state index is 0.233. The Labute approximate surface area is 137 Å². The van der Waals surface area contributed by atoms with Crippen LogP contribution in [0, 0.1) is 6.92 Å². The molecule has 0 fully saturated rings. The van der Waals surface area contributed by atoms with Crippen LogP contribution < -0.4 is 5.32 Å². The molecule has 1 heterocycles. The zero-order valence-electron chi connectivity index (χ0n) is 13.8. The van der Waals surface area contributed by atoms with Crippen molar-refractivity contribution in [1.82, 2.24) is 10.3 Å². The molecule has 0 radical (unpaired) electrons. The molecular formula is C18H26N2OS. The smallest absolute Gasteiger partial charge is 0.0928 e. The van der Waals surface area contributed by atoms with Crippen LogP contribution in [0.3, 0.4) is 0 Å². The first-order valence-electron chi connectivity index (χ1n) is 7.96. The van der Waals surface area contributed by atoms with Gasteiger partial charge in [0.15, 0.2) is 0 Å². The van der Waals surface area contributed by atoms with Crippen molar-refractivity contribution in [2.24, 2.45) is 0 Å². The molecule has 0 amide bonds. The number of aliphatic hydroxyl groups is 1. The highest BCUT2D eigenvalue weighted by Crippen LogP contribution is 2.26. The average molecular weight is 318 g/mol. The van der Waals surface area contributed by atoms with Gasteiger partial charge in [-0.25, -0.2) is 4.98 Å². The molecular weight excluding hydrogens is 292 g/mol. The van der Waals surface area contributed by atoms with Crippen molar-refractivity contribution in [2.75, 3.05) is 0 Å². The molecule has 3 nitrogen and oxygen atoms in total. The fourth-order valence-electron chi connectivity index (χ4n) is 2.74. The topological polar surface area (TPSA) is 45.2 Å². The summed E-state index contributed by atoms with van der Waals surface area (Å²) < 4.78 is 0. The van der Waals surface area contributed by atoms with Crippen molar-refractivity contribution in [1.29, 1.82) is 0 Å². The lowest BCUT2D eigenvalue weighted by atomic mass is 10.0. The van der Waals surface area contributed by atoms with Crippen molar-refractivity contribution in [3.63, 3.8) is 0 Å². The van der Waals surface area contributed by atoms with Crippen molar-refractivity contribution in [3.05, 3.63) is 51.5 Å². The minimum Gasteiger partial charge on any atom is -0.388 e. The first-order valence-corrected chi connectivity index (χ1v) is 8.78. The van der Waals surface area contributed by atoms with Crippen LogP contribution in [-0.4, -0.2) is 16.1 Å². The van der Waals surface area contributed by atoms with E-state index in [1.165, 1.54) is 9.88 Å². The van der Waals surface area contributed by atoms with Crippen LogP contribution in [0.2, 0.25) is 0 Å². The standard InChI is InChI=1S/C18H26N2OS/c1-5-17-20-14(4)18(22-17)13(3)19-12(2)11-16(21)15-9-7-6-8-10-15/h6-10,12-13,16,19,21H,5,11H2,1-4H3. The van der Waals surface area contributed by atoms with Crippen molar-refractivity contribution in [2.45, 2.75) is 58.7 Å². The van der Waals surface area contributed by atoms with Gasteiger partial charge in [0.05, 0.1) is 16.8 Å². The first kappa shape index (κ1) is 17.1. The second-order valence-electron chi connectivity index (χ2n) is 5.86. The summed E-state index contributed by atoms with van der Waals surface area (Å²) in [5.41, 5.74) is 2.10. The summed E-state index contributed by atoms with van der Waals surface area (Å²) in [5, 5.41) is 15.1. The minimum atomic E-state index is -0.426. The van der Waals surface area contributed by atoms with E-state index in [-0.39, 0.29) is 12.1 Å². The van der Waals surface area contributed by atoms with Gasteiger partial charge in [-0.05, 0) is 39.2 Å². The molecule has 3 unspecified atom stereocenters. The summed E-state index contributed by atoms with van der Waals surface area (Å²) in [6.07, 6.45) is 1.26. The predicted molar refractivity (Wildman–Crippen MR) is 93.3 cm³/mol. The van der Waals surface area contributed by atoms with E-state index in [0.29, 0.717) is 6.42 Å². The molecule has 0 saturated carbocycles. The molecule has 0 aliphatic carbocycles. The number of thiazole rings is 1. The van der Waals surface area contributed by atoms with E-state index >= 15 is 0 Å². The number of rotatable bonds is 7. The molecule has 22 heavy (non-hydrogen) atoms. The van der Waals surface area contributed by atoms with Crippen molar-refractivity contribution >= 4 is 11.3 Å². The van der Waals surface area contributed by atoms with Crippen LogP contribution in [0.5, 0.6) is 0 Å². The van der Waals surface area contributed by atoms with Gasteiger partial charge < -0.3 is 10.4 Å². The third-order valence-electron chi connectivity index (χ3n) is 3.87. The fourth-order valence-corrected chi connectivity index (χ4v) is 3.75. The Balaban J connectivity index is 1.93. The third-order valence-corrected chi connectivity index (χ3v) is 5.35. The van der Waals surface area contributed by atoms with Gasteiger partial charge in [-0.3, -0.25) is 0 Å². The molecule has 0 aliphatic heterocycles. The van der Waals surface area contributed by atoms with E-state index in [0.717, 1.165) is 17.7 Å². The summed E-state index contributed by atoms with van der Waals surface area (Å²) in [6.45, 7) is 8.51. The number of benzene rings is 1. The molecule has 0 aliphatic rings. The number of hydrogen-bond acceptors (Lipinski definition) is 4. The van der Waals surface area contributed by atoms with E-state index in [1.807, 2.05) is 30.3 Å². The second kappa shape index (κ2) is 7.86. The molecule has 120 valence electrons. The molecule has 2 N–H and O–H groups in total. The van der Waals surface area contributed by atoms with Gasteiger partial charge in [-0.2, -0.15) is 0 Å². The van der Waals surface area contributed by atoms with Gasteiger partial charge in [0, 0.05) is 17.0 Å². The number of aromatic nitrogens is 1. The van der Waals surface area contributed by atoms with E-state index in [1.54, 1.807) is 11.3 Å². The molecule has 2 aromatic rings. The number of hydrogen-bond donors (Lipinski definition) is 2. The molecule has 3 atom stereocenters. The van der Waals surface area contributed by atoms with Gasteiger partial charge in [0.25, 0.3) is 0 Å². The van der Waals surface area contributed by atoms with Crippen LogP contribution in [0.25, 0.3) is 0 Å². The Morgan fingerprint density at radius 3 is 2.50 bits per heavy atom. The Bertz CT molecular complexity index is 582. The lowest BCUT2D eigenvalue weighted by molar-refractivity contribution is 0.152. The maximum Gasteiger partial charge on any atom is 0.0928 e. The van der Waals surface area contributed by atoms with E-state index in [9.17, 15) is 5.11 Å². The van der Waals surface area contributed by atoms with Gasteiger partial charge in [-0.15, -0.1) is 11.3 Å². The SMILES string of the molecule is CCc1nc(C)c(C(C)NC(C)CC(O)c2ccccc2)s1. The van der Waals surface area contributed by atoms with Crippen LogP contribution in [0.1, 0.15) is 60.5 Å². The van der Waals surface area contributed by atoms with E-state index in [4.69, 9.17) is 0 Å². The summed E-state index contributed by atoms with van der Waals surface area (Å²) >= 11 is 1.79. The number of nitrogens with one attached hydrogen (secondary N) is 1. The molecule has 1 aromatic heterocycles. The molecule has 2 rings (SSSR count). The quantitative estimate of drug-likeness (QED) is 0.805. The predicted octanol–water partition coefficient (Wildman–Crippen LogP) is 4.18. The summed E-state index contributed by atoms with van der Waals surface area (Å²) in [5.74, 6) is 0. The summed E-state index contributed by atoms with van der Waals surface area (Å²) in [7, 11) is 0. The highest BCUT2D eigenvalue weighted by Gasteiger charge is 2.18. The fraction of sp³-hybridized carbons (Fsp3) is 0.500. The van der Waals surface area contributed by atoms with Crippen LogP contribution in [0.4, 0.5) is 0 Å². The largest absolute Gasteiger partial charge is 0.388 e. The molecule has 0 spiro atoms. The van der Waals surface area contributed by atoms with Gasteiger partial charge in [0.2, 0.25) is 0 Å². The number of nitrogens with zero attached hydrogens (tertiary/aromatic N) is 1. The van der Waals surface area contributed by atoms with Crippen molar-refractivity contribution in [3.8, 4) is 0 Å². The first-order chi connectivity index (χ1) is 10.5. The van der Waals surface area contributed by atoms with Crippen molar-refractivity contribution < 1.29 is 5.11 Å².